The smallest absolute Gasteiger partial charge is 0.246 e. The average molecular weight is 273 g/mol. The second kappa shape index (κ2) is 5.24. The van der Waals surface area contributed by atoms with E-state index in [4.69, 9.17) is 5.73 Å². The number of hydrogen-bond donors (Lipinski definition) is 1. The van der Waals surface area contributed by atoms with Crippen molar-refractivity contribution in [1.82, 2.24) is 9.29 Å². The number of pyridine rings is 1. The highest BCUT2D eigenvalue weighted by Crippen LogP contribution is 2.22. The maximum Gasteiger partial charge on any atom is 0.246 e. The Morgan fingerprint density at radius 3 is 2.94 bits per heavy atom. The lowest BCUT2D eigenvalue weighted by atomic mass is 10.5. The molecule has 5 nitrogen and oxygen atoms in total. The van der Waals surface area contributed by atoms with Crippen LogP contribution in [0.4, 0.5) is 5.82 Å². The Kier molecular flexibility index (Phi) is 3.90. The lowest BCUT2D eigenvalue weighted by Gasteiger charge is -2.19. The van der Waals surface area contributed by atoms with E-state index in [0.29, 0.717) is 13.1 Å². The maximum absolute atomic E-state index is 12.4. The zero-order valence-corrected chi connectivity index (χ0v) is 11.0. The van der Waals surface area contributed by atoms with Crippen LogP contribution in [0.3, 0.4) is 0 Å². The van der Waals surface area contributed by atoms with Crippen LogP contribution in [0.1, 0.15) is 6.42 Å². The van der Waals surface area contributed by atoms with Gasteiger partial charge in [0.05, 0.1) is 0 Å². The molecule has 1 aliphatic heterocycles. The predicted molar refractivity (Wildman–Crippen MR) is 69.4 cm³/mol. The number of anilines is 1. The van der Waals surface area contributed by atoms with Crippen LogP contribution in [0.5, 0.6) is 0 Å². The highest BCUT2D eigenvalue weighted by Gasteiger charge is 2.27. The van der Waals surface area contributed by atoms with Crippen molar-refractivity contribution in [2.75, 3.05) is 30.3 Å². The molecule has 1 aromatic heterocycles. The summed E-state index contributed by atoms with van der Waals surface area (Å²) in [6.45, 7) is 1.10. The minimum atomic E-state index is -3.48. The summed E-state index contributed by atoms with van der Waals surface area (Å²) >= 11 is 1.78. The first-order chi connectivity index (χ1) is 8.12. The second-order valence-corrected chi connectivity index (χ2v) is 6.89. The molecule has 1 saturated heterocycles. The molecular formula is C10H15N3O2S2. The number of sulfonamides is 1. The molecule has 0 saturated carbocycles. The van der Waals surface area contributed by atoms with Gasteiger partial charge >= 0.3 is 0 Å². The summed E-state index contributed by atoms with van der Waals surface area (Å²) in [6.07, 6.45) is 2.37. The Balaban J connectivity index is 2.32. The molecule has 0 spiro atoms. The Morgan fingerprint density at radius 1 is 1.35 bits per heavy atom. The molecule has 1 fully saturated rings. The van der Waals surface area contributed by atoms with E-state index in [1.807, 2.05) is 0 Å². The standard InChI is InChI=1S/C10H15N3O2S2/c11-10-9(3-1-4-12-10)17(14,15)13-5-2-7-16-8-6-13/h1,3-4H,2,5-8H2,(H2,11,12). The molecule has 1 aromatic rings. The van der Waals surface area contributed by atoms with Crippen LogP contribution < -0.4 is 5.73 Å². The minimum absolute atomic E-state index is 0.0735. The summed E-state index contributed by atoms with van der Waals surface area (Å²) in [5.41, 5.74) is 5.63. The Labute approximate surface area is 105 Å². The van der Waals surface area contributed by atoms with E-state index in [1.54, 1.807) is 17.8 Å². The van der Waals surface area contributed by atoms with Crippen molar-refractivity contribution in [1.29, 1.82) is 0 Å². The lowest BCUT2D eigenvalue weighted by Crippen LogP contribution is -2.33. The van der Waals surface area contributed by atoms with Crippen molar-refractivity contribution in [3.63, 3.8) is 0 Å². The number of nitrogens with two attached hydrogens (primary N) is 1. The lowest BCUT2D eigenvalue weighted by molar-refractivity contribution is 0.435. The van der Waals surface area contributed by atoms with Crippen molar-refractivity contribution in [3.05, 3.63) is 18.3 Å². The van der Waals surface area contributed by atoms with E-state index in [9.17, 15) is 8.42 Å². The van der Waals surface area contributed by atoms with Crippen LogP contribution in [-0.2, 0) is 10.0 Å². The molecule has 17 heavy (non-hydrogen) atoms. The fourth-order valence-corrected chi connectivity index (χ4v) is 4.27. The van der Waals surface area contributed by atoms with Crippen molar-refractivity contribution < 1.29 is 8.42 Å². The fraction of sp³-hybridized carbons (Fsp3) is 0.500. The number of aromatic nitrogens is 1. The van der Waals surface area contributed by atoms with Gasteiger partial charge in [-0.15, -0.1) is 0 Å². The van der Waals surface area contributed by atoms with E-state index < -0.39 is 10.0 Å². The fourth-order valence-electron chi connectivity index (χ4n) is 1.72. The summed E-state index contributed by atoms with van der Waals surface area (Å²) in [4.78, 5) is 3.95. The van der Waals surface area contributed by atoms with E-state index >= 15 is 0 Å². The molecule has 2 heterocycles. The van der Waals surface area contributed by atoms with Crippen LogP contribution in [0, 0.1) is 0 Å². The van der Waals surface area contributed by atoms with Gasteiger partial charge in [-0.1, -0.05) is 0 Å². The number of nitrogen functional groups attached to an aromatic ring is 1. The Bertz CT molecular complexity index is 482. The van der Waals surface area contributed by atoms with E-state index in [0.717, 1.165) is 17.9 Å². The van der Waals surface area contributed by atoms with Gasteiger partial charge in [0.15, 0.2) is 0 Å². The highest BCUT2D eigenvalue weighted by molar-refractivity contribution is 7.99. The molecule has 0 aliphatic carbocycles. The highest BCUT2D eigenvalue weighted by atomic mass is 32.2. The molecule has 0 unspecified atom stereocenters. The zero-order valence-electron chi connectivity index (χ0n) is 9.37. The van der Waals surface area contributed by atoms with Gasteiger partial charge in [-0.25, -0.2) is 13.4 Å². The number of rotatable bonds is 2. The van der Waals surface area contributed by atoms with Crippen LogP contribution in [0.15, 0.2) is 23.2 Å². The number of hydrogen-bond acceptors (Lipinski definition) is 5. The normalized spacial score (nSPS) is 18.8. The molecule has 0 radical (unpaired) electrons. The second-order valence-electron chi connectivity index (χ2n) is 3.76. The van der Waals surface area contributed by atoms with Crippen LogP contribution >= 0.6 is 11.8 Å². The summed E-state index contributed by atoms with van der Waals surface area (Å²) < 4.78 is 26.2. The summed E-state index contributed by atoms with van der Waals surface area (Å²) in [5.74, 6) is 1.91. The van der Waals surface area contributed by atoms with Gasteiger partial charge in [0.25, 0.3) is 0 Å². The molecule has 94 valence electrons. The molecular weight excluding hydrogens is 258 g/mol. The Morgan fingerprint density at radius 2 is 2.18 bits per heavy atom. The molecule has 1 aliphatic rings. The van der Waals surface area contributed by atoms with E-state index in [2.05, 4.69) is 4.98 Å². The molecule has 0 bridgehead atoms. The van der Waals surface area contributed by atoms with Crippen molar-refractivity contribution in [3.8, 4) is 0 Å². The van der Waals surface area contributed by atoms with E-state index in [1.165, 1.54) is 16.6 Å². The maximum atomic E-state index is 12.4. The molecule has 2 rings (SSSR count). The molecule has 0 atom stereocenters. The molecule has 2 N–H and O–H groups in total. The topological polar surface area (TPSA) is 76.3 Å². The minimum Gasteiger partial charge on any atom is -0.383 e. The van der Waals surface area contributed by atoms with Gasteiger partial charge in [-0.3, -0.25) is 0 Å². The van der Waals surface area contributed by atoms with Crippen LogP contribution in [0.25, 0.3) is 0 Å². The third-order valence-corrected chi connectivity index (χ3v) is 5.59. The number of thioether (sulfide) groups is 1. The third-order valence-electron chi connectivity index (χ3n) is 2.60. The monoisotopic (exact) mass is 273 g/mol. The summed E-state index contributed by atoms with van der Waals surface area (Å²) in [5, 5.41) is 0. The van der Waals surface area contributed by atoms with Crippen molar-refractivity contribution in [2.45, 2.75) is 11.3 Å². The Hall–Kier alpha value is -0.790. The van der Waals surface area contributed by atoms with Crippen LogP contribution in [-0.4, -0.2) is 42.3 Å². The van der Waals surface area contributed by atoms with E-state index in [-0.39, 0.29) is 10.7 Å². The van der Waals surface area contributed by atoms with Crippen molar-refractivity contribution in [2.24, 2.45) is 0 Å². The zero-order chi connectivity index (χ0) is 12.3. The largest absolute Gasteiger partial charge is 0.383 e. The SMILES string of the molecule is Nc1ncccc1S(=O)(=O)N1CCCSCC1. The quantitative estimate of drug-likeness (QED) is 0.862. The number of nitrogens with zero attached hydrogens (tertiary/aromatic N) is 2. The predicted octanol–water partition coefficient (Wildman–Crippen LogP) is 0.791. The van der Waals surface area contributed by atoms with Crippen molar-refractivity contribution >= 4 is 27.6 Å². The first-order valence-electron chi connectivity index (χ1n) is 5.41. The van der Waals surface area contributed by atoms with Gasteiger partial charge in [0, 0.05) is 25.0 Å². The molecule has 0 aromatic carbocycles. The molecule has 0 amide bonds. The van der Waals surface area contributed by atoms with Gasteiger partial charge in [-0.05, 0) is 24.3 Å². The summed E-state index contributed by atoms with van der Waals surface area (Å²) in [6, 6.07) is 3.10. The van der Waals surface area contributed by atoms with Gasteiger partial charge in [0.1, 0.15) is 10.7 Å². The first-order valence-corrected chi connectivity index (χ1v) is 8.00. The molecule has 7 heteroatoms. The van der Waals surface area contributed by atoms with Crippen LogP contribution in [0.2, 0.25) is 0 Å². The third kappa shape index (κ3) is 2.72. The average Bonchev–Trinajstić information content (AvgIpc) is 2.58. The first kappa shape index (κ1) is 12.7. The van der Waals surface area contributed by atoms with Gasteiger partial charge in [0.2, 0.25) is 10.0 Å². The van der Waals surface area contributed by atoms with Gasteiger partial charge < -0.3 is 5.73 Å². The van der Waals surface area contributed by atoms with Gasteiger partial charge in [-0.2, -0.15) is 16.1 Å². The summed E-state index contributed by atoms with van der Waals surface area (Å²) in [7, 11) is -3.48.